The molecular weight excluding hydrogens is 178 g/mol. The van der Waals surface area contributed by atoms with E-state index in [9.17, 15) is 0 Å². The number of hydrogen-bond donors (Lipinski definition) is 1. The number of aliphatic hydroxyl groups is 1. The molecule has 1 aromatic rings. The molecule has 1 N–H and O–H groups in total. The van der Waals surface area contributed by atoms with Crippen LogP contribution in [0.1, 0.15) is 19.4 Å². The number of aromatic nitrogens is 2. The van der Waals surface area contributed by atoms with Gasteiger partial charge in [-0.3, -0.25) is 0 Å². The molecule has 0 aliphatic carbocycles. The Bertz CT molecular complexity index is 288. The molecule has 0 radical (unpaired) electrons. The molecule has 0 aromatic carbocycles. The molecule has 0 amide bonds. The van der Waals surface area contributed by atoms with Gasteiger partial charge in [0.05, 0.1) is 12.8 Å². The molecule has 0 saturated carbocycles. The van der Waals surface area contributed by atoms with Crippen LogP contribution < -0.4 is 4.90 Å². The van der Waals surface area contributed by atoms with Crippen LogP contribution in [0.25, 0.3) is 0 Å². The summed E-state index contributed by atoms with van der Waals surface area (Å²) in [6, 6.07) is 2.29. The lowest BCUT2D eigenvalue weighted by molar-refractivity contribution is 0.298. The zero-order valence-electron chi connectivity index (χ0n) is 8.94. The summed E-state index contributed by atoms with van der Waals surface area (Å²) in [6.07, 6.45) is 1.72. The Hall–Kier alpha value is -1.16. The van der Waals surface area contributed by atoms with Crippen molar-refractivity contribution in [2.75, 3.05) is 18.1 Å². The molecule has 4 heteroatoms. The number of aliphatic hydroxyl groups excluding tert-OH is 1. The molecule has 4 nitrogen and oxygen atoms in total. The topological polar surface area (TPSA) is 49.2 Å². The fraction of sp³-hybridized carbons (Fsp3) is 0.600. The molecule has 1 aromatic heterocycles. The molecule has 14 heavy (non-hydrogen) atoms. The molecule has 0 fully saturated rings. The van der Waals surface area contributed by atoms with Crippen LogP contribution >= 0.6 is 0 Å². The lowest BCUT2D eigenvalue weighted by Gasteiger charge is -2.26. The fourth-order valence-electron chi connectivity index (χ4n) is 1.33. The third-order valence-corrected chi connectivity index (χ3v) is 2.04. The largest absolute Gasteiger partial charge is 0.395 e. The van der Waals surface area contributed by atoms with Gasteiger partial charge in [0.15, 0.2) is 5.82 Å². The smallest absolute Gasteiger partial charge is 0.151 e. The minimum Gasteiger partial charge on any atom is -0.395 e. The zero-order valence-corrected chi connectivity index (χ0v) is 8.94. The summed E-state index contributed by atoms with van der Waals surface area (Å²) in [5.74, 6) is 0.828. The molecule has 0 aliphatic heterocycles. The average molecular weight is 195 g/mol. The molecule has 0 spiro atoms. The predicted molar refractivity (Wildman–Crippen MR) is 56.3 cm³/mol. The van der Waals surface area contributed by atoms with Gasteiger partial charge in [-0.05, 0) is 32.4 Å². The molecule has 78 valence electrons. The Morgan fingerprint density at radius 3 is 2.71 bits per heavy atom. The van der Waals surface area contributed by atoms with E-state index in [1.807, 2.05) is 17.9 Å². The summed E-state index contributed by atoms with van der Waals surface area (Å²) in [4.78, 5) is 2.03. The van der Waals surface area contributed by atoms with Crippen molar-refractivity contribution in [1.82, 2.24) is 10.2 Å². The van der Waals surface area contributed by atoms with E-state index in [1.54, 1.807) is 6.20 Å². The number of aryl methyl sites for hydroxylation is 1. The van der Waals surface area contributed by atoms with Crippen LogP contribution in [0.15, 0.2) is 12.3 Å². The van der Waals surface area contributed by atoms with Crippen LogP contribution in [0.2, 0.25) is 0 Å². The quantitative estimate of drug-likeness (QED) is 0.778. The van der Waals surface area contributed by atoms with Crippen LogP contribution in [0.4, 0.5) is 5.82 Å². The number of anilines is 1. The van der Waals surface area contributed by atoms with Crippen molar-refractivity contribution in [3.63, 3.8) is 0 Å². The second-order valence-corrected chi connectivity index (χ2v) is 3.60. The first-order chi connectivity index (χ1) is 6.65. The number of rotatable bonds is 4. The minimum atomic E-state index is 0.133. The van der Waals surface area contributed by atoms with E-state index in [0.717, 1.165) is 11.4 Å². The summed E-state index contributed by atoms with van der Waals surface area (Å²) in [5.41, 5.74) is 1.08. The van der Waals surface area contributed by atoms with Gasteiger partial charge < -0.3 is 10.0 Å². The van der Waals surface area contributed by atoms with Gasteiger partial charge in [-0.1, -0.05) is 0 Å². The van der Waals surface area contributed by atoms with Crippen LogP contribution in [0.5, 0.6) is 0 Å². The van der Waals surface area contributed by atoms with Gasteiger partial charge in [-0.15, -0.1) is 5.10 Å². The van der Waals surface area contributed by atoms with Gasteiger partial charge in [0, 0.05) is 12.6 Å². The SMILES string of the molecule is Cc1cnnc(N(CCO)C(C)C)c1. The summed E-state index contributed by atoms with van der Waals surface area (Å²) < 4.78 is 0. The first-order valence-corrected chi connectivity index (χ1v) is 4.82. The molecular formula is C10H17N3O. The minimum absolute atomic E-state index is 0.133. The maximum atomic E-state index is 8.93. The molecule has 0 unspecified atom stereocenters. The van der Waals surface area contributed by atoms with Crippen LogP contribution in [0, 0.1) is 6.92 Å². The second-order valence-electron chi connectivity index (χ2n) is 3.60. The van der Waals surface area contributed by atoms with E-state index in [0.29, 0.717) is 12.6 Å². The Balaban J connectivity index is 2.87. The van der Waals surface area contributed by atoms with E-state index < -0.39 is 0 Å². The van der Waals surface area contributed by atoms with Crippen molar-refractivity contribution >= 4 is 5.82 Å². The van der Waals surface area contributed by atoms with Gasteiger partial charge in [0.2, 0.25) is 0 Å². The Morgan fingerprint density at radius 2 is 2.21 bits per heavy atom. The van der Waals surface area contributed by atoms with Crippen molar-refractivity contribution in [3.8, 4) is 0 Å². The number of hydrogen-bond acceptors (Lipinski definition) is 4. The van der Waals surface area contributed by atoms with Crippen LogP contribution in [-0.4, -0.2) is 34.5 Å². The monoisotopic (exact) mass is 195 g/mol. The van der Waals surface area contributed by atoms with E-state index >= 15 is 0 Å². The van der Waals surface area contributed by atoms with Crippen molar-refractivity contribution in [1.29, 1.82) is 0 Å². The predicted octanol–water partition coefficient (Wildman–Crippen LogP) is 0.992. The Labute approximate surface area is 84.6 Å². The van der Waals surface area contributed by atoms with Crippen molar-refractivity contribution < 1.29 is 5.11 Å². The van der Waals surface area contributed by atoms with Crippen LogP contribution in [0.3, 0.4) is 0 Å². The van der Waals surface area contributed by atoms with Gasteiger partial charge in [-0.25, -0.2) is 0 Å². The summed E-state index contributed by atoms with van der Waals surface area (Å²) >= 11 is 0. The molecule has 0 atom stereocenters. The molecule has 1 rings (SSSR count). The van der Waals surface area contributed by atoms with E-state index in [1.165, 1.54) is 0 Å². The second kappa shape index (κ2) is 4.91. The lowest BCUT2D eigenvalue weighted by Crippen LogP contribution is -2.34. The summed E-state index contributed by atoms with van der Waals surface area (Å²) in [7, 11) is 0. The molecule has 0 aliphatic rings. The van der Waals surface area contributed by atoms with Gasteiger partial charge in [-0.2, -0.15) is 5.10 Å². The van der Waals surface area contributed by atoms with Crippen molar-refractivity contribution in [3.05, 3.63) is 17.8 Å². The highest BCUT2D eigenvalue weighted by molar-refractivity contribution is 5.39. The fourth-order valence-corrected chi connectivity index (χ4v) is 1.33. The van der Waals surface area contributed by atoms with E-state index in [4.69, 9.17) is 5.11 Å². The van der Waals surface area contributed by atoms with Crippen molar-refractivity contribution in [2.24, 2.45) is 0 Å². The lowest BCUT2D eigenvalue weighted by atomic mass is 10.3. The highest BCUT2D eigenvalue weighted by atomic mass is 16.3. The molecule has 0 saturated heterocycles. The third kappa shape index (κ3) is 2.67. The highest BCUT2D eigenvalue weighted by Crippen LogP contribution is 2.13. The molecule has 0 bridgehead atoms. The standard InChI is InChI=1S/C10H17N3O/c1-8(2)13(4-5-14)10-6-9(3)7-11-12-10/h6-8,14H,4-5H2,1-3H3. The number of nitrogens with zero attached hydrogens (tertiary/aromatic N) is 3. The first kappa shape index (κ1) is 10.9. The summed E-state index contributed by atoms with van der Waals surface area (Å²) in [6.45, 7) is 6.85. The molecule has 1 heterocycles. The van der Waals surface area contributed by atoms with Gasteiger partial charge in [0.1, 0.15) is 0 Å². The van der Waals surface area contributed by atoms with Crippen molar-refractivity contribution in [2.45, 2.75) is 26.8 Å². The first-order valence-electron chi connectivity index (χ1n) is 4.82. The van der Waals surface area contributed by atoms with Crippen LogP contribution in [-0.2, 0) is 0 Å². The highest BCUT2D eigenvalue weighted by Gasteiger charge is 2.11. The third-order valence-electron chi connectivity index (χ3n) is 2.04. The van der Waals surface area contributed by atoms with E-state index in [-0.39, 0.29) is 6.61 Å². The normalized spacial score (nSPS) is 10.6. The summed E-state index contributed by atoms with van der Waals surface area (Å²) in [5, 5.41) is 16.9. The maximum Gasteiger partial charge on any atom is 0.151 e. The Kier molecular flexibility index (Phi) is 3.83. The average Bonchev–Trinajstić information content (AvgIpc) is 2.13. The maximum absolute atomic E-state index is 8.93. The van der Waals surface area contributed by atoms with E-state index in [2.05, 4.69) is 24.0 Å². The van der Waals surface area contributed by atoms with Gasteiger partial charge in [0.25, 0.3) is 0 Å². The Morgan fingerprint density at radius 1 is 1.50 bits per heavy atom. The van der Waals surface area contributed by atoms with Gasteiger partial charge >= 0.3 is 0 Å². The zero-order chi connectivity index (χ0) is 10.6.